The SMILES string of the molecule is CC1[C][C@H]2CC[C@@H](O)[C@H](C#C[C@@H](O)C3CCCCC3)[C@@H]12. The molecule has 0 aliphatic heterocycles. The number of rotatable bonds is 1. The van der Waals surface area contributed by atoms with Crippen molar-refractivity contribution in [1.29, 1.82) is 0 Å². The maximum absolute atomic E-state index is 10.3. The van der Waals surface area contributed by atoms with E-state index in [9.17, 15) is 10.2 Å². The number of aliphatic hydroxyl groups excluding tert-OH is 2. The second-order valence-corrected chi connectivity index (χ2v) is 6.94. The van der Waals surface area contributed by atoms with Crippen molar-refractivity contribution < 1.29 is 10.2 Å². The Labute approximate surface area is 123 Å². The van der Waals surface area contributed by atoms with Gasteiger partial charge in [0.1, 0.15) is 6.10 Å². The fourth-order valence-electron chi connectivity index (χ4n) is 4.36. The monoisotopic (exact) mass is 274 g/mol. The molecule has 6 atom stereocenters. The van der Waals surface area contributed by atoms with Crippen LogP contribution in [0.15, 0.2) is 0 Å². The topological polar surface area (TPSA) is 40.5 Å². The Hall–Kier alpha value is -0.520. The summed E-state index contributed by atoms with van der Waals surface area (Å²) in [7, 11) is 0. The van der Waals surface area contributed by atoms with Gasteiger partial charge in [-0.1, -0.05) is 38.0 Å². The van der Waals surface area contributed by atoms with E-state index >= 15 is 0 Å². The highest BCUT2D eigenvalue weighted by molar-refractivity contribution is 5.19. The first-order valence-electron chi connectivity index (χ1n) is 8.30. The van der Waals surface area contributed by atoms with Gasteiger partial charge in [0, 0.05) is 5.92 Å². The van der Waals surface area contributed by atoms with Gasteiger partial charge in [-0.15, -0.1) is 0 Å². The average Bonchev–Trinajstić information content (AvgIpc) is 2.46. The van der Waals surface area contributed by atoms with Crippen molar-refractivity contribution in [3.05, 3.63) is 6.42 Å². The molecule has 0 saturated heterocycles. The van der Waals surface area contributed by atoms with E-state index in [0.717, 1.165) is 25.7 Å². The molecule has 3 aliphatic rings. The zero-order chi connectivity index (χ0) is 14.1. The van der Waals surface area contributed by atoms with Crippen molar-refractivity contribution in [1.82, 2.24) is 0 Å². The second kappa shape index (κ2) is 6.08. The first-order chi connectivity index (χ1) is 9.66. The lowest BCUT2D eigenvalue weighted by Gasteiger charge is -2.50. The van der Waals surface area contributed by atoms with Crippen LogP contribution in [0, 0.1) is 47.9 Å². The third-order valence-corrected chi connectivity index (χ3v) is 5.62. The van der Waals surface area contributed by atoms with Crippen LogP contribution in [0.2, 0.25) is 0 Å². The summed E-state index contributed by atoms with van der Waals surface area (Å²) in [6, 6.07) is 0. The van der Waals surface area contributed by atoms with Gasteiger partial charge in [0.25, 0.3) is 0 Å². The number of hydrogen-bond acceptors (Lipinski definition) is 2. The van der Waals surface area contributed by atoms with E-state index in [2.05, 4.69) is 25.2 Å². The quantitative estimate of drug-likeness (QED) is 0.722. The summed E-state index contributed by atoms with van der Waals surface area (Å²) in [5.41, 5.74) is 0. The molecular formula is C18H26O2. The minimum atomic E-state index is -0.494. The number of fused-ring (bicyclic) bond motifs is 1. The van der Waals surface area contributed by atoms with Gasteiger partial charge in [0.05, 0.1) is 6.10 Å². The molecule has 0 spiro atoms. The van der Waals surface area contributed by atoms with Gasteiger partial charge in [-0.25, -0.2) is 0 Å². The molecule has 3 saturated carbocycles. The summed E-state index contributed by atoms with van der Waals surface area (Å²) in [6.45, 7) is 2.17. The summed E-state index contributed by atoms with van der Waals surface area (Å²) in [4.78, 5) is 0. The van der Waals surface area contributed by atoms with E-state index < -0.39 is 6.10 Å². The molecule has 0 heterocycles. The highest BCUT2D eigenvalue weighted by Gasteiger charge is 2.48. The third-order valence-electron chi connectivity index (χ3n) is 5.62. The van der Waals surface area contributed by atoms with Crippen molar-refractivity contribution in [3.8, 4) is 11.8 Å². The van der Waals surface area contributed by atoms with Gasteiger partial charge in [0.15, 0.2) is 0 Å². The fraction of sp³-hybridized carbons (Fsp3) is 0.833. The van der Waals surface area contributed by atoms with E-state index in [1.165, 1.54) is 19.3 Å². The van der Waals surface area contributed by atoms with Gasteiger partial charge in [-0.3, -0.25) is 0 Å². The zero-order valence-corrected chi connectivity index (χ0v) is 12.4. The van der Waals surface area contributed by atoms with E-state index in [4.69, 9.17) is 0 Å². The van der Waals surface area contributed by atoms with Gasteiger partial charge < -0.3 is 10.2 Å². The predicted octanol–water partition coefficient (Wildman–Crippen LogP) is 2.67. The lowest BCUT2D eigenvalue weighted by Crippen LogP contribution is -2.48. The van der Waals surface area contributed by atoms with Gasteiger partial charge in [-0.2, -0.15) is 0 Å². The smallest absolute Gasteiger partial charge is 0.117 e. The fourth-order valence-corrected chi connectivity index (χ4v) is 4.36. The summed E-state index contributed by atoms with van der Waals surface area (Å²) >= 11 is 0. The van der Waals surface area contributed by atoms with Gasteiger partial charge >= 0.3 is 0 Å². The van der Waals surface area contributed by atoms with Crippen LogP contribution in [0.4, 0.5) is 0 Å². The number of hydrogen-bond donors (Lipinski definition) is 2. The van der Waals surface area contributed by atoms with Crippen LogP contribution < -0.4 is 0 Å². The Bertz CT molecular complexity index is 388. The van der Waals surface area contributed by atoms with Crippen LogP contribution in [0.1, 0.15) is 51.9 Å². The Kier molecular flexibility index (Phi) is 4.38. The molecule has 0 amide bonds. The molecule has 0 aromatic rings. The maximum Gasteiger partial charge on any atom is 0.117 e. The maximum atomic E-state index is 10.3. The molecule has 2 heteroatoms. The Morgan fingerprint density at radius 3 is 2.55 bits per heavy atom. The standard InChI is InChI=1S/C18H26O2/c1-12-11-14-7-9-17(20)15(18(12)14)8-10-16(19)13-5-3-2-4-6-13/h12-20H,2-7,9H2,1H3/t12?,14-,15+,16-,17-,18+/m1/s1. The molecule has 2 N–H and O–H groups in total. The van der Waals surface area contributed by atoms with Crippen molar-refractivity contribution in [3.63, 3.8) is 0 Å². The van der Waals surface area contributed by atoms with Crippen molar-refractivity contribution in [2.45, 2.75) is 64.1 Å². The van der Waals surface area contributed by atoms with E-state index in [1.807, 2.05) is 0 Å². The molecular weight excluding hydrogens is 248 g/mol. The minimum absolute atomic E-state index is 0.0447. The molecule has 3 rings (SSSR count). The first kappa shape index (κ1) is 14.4. The van der Waals surface area contributed by atoms with Crippen LogP contribution in [-0.4, -0.2) is 22.4 Å². The van der Waals surface area contributed by atoms with Crippen LogP contribution in [0.25, 0.3) is 0 Å². The highest BCUT2D eigenvalue weighted by atomic mass is 16.3. The molecule has 3 fully saturated rings. The van der Waals surface area contributed by atoms with Gasteiger partial charge in [0.2, 0.25) is 0 Å². The van der Waals surface area contributed by atoms with Crippen molar-refractivity contribution in [2.24, 2.45) is 29.6 Å². The zero-order valence-electron chi connectivity index (χ0n) is 12.4. The predicted molar refractivity (Wildman–Crippen MR) is 78.5 cm³/mol. The summed E-state index contributed by atoms with van der Waals surface area (Å²) in [5.74, 6) is 8.15. The molecule has 110 valence electrons. The Balaban J connectivity index is 1.64. The normalized spacial score (nSPS) is 42.9. The van der Waals surface area contributed by atoms with Crippen molar-refractivity contribution >= 4 is 0 Å². The van der Waals surface area contributed by atoms with Crippen LogP contribution in [0.5, 0.6) is 0 Å². The van der Waals surface area contributed by atoms with Crippen LogP contribution in [-0.2, 0) is 0 Å². The molecule has 2 nitrogen and oxygen atoms in total. The average molecular weight is 274 g/mol. The molecule has 2 radical (unpaired) electrons. The first-order valence-corrected chi connectivity index (χ1v) is 8.30. The summed E-state index contributed by atoms with van der Waals surface area (Å²) < 4.78 is 0. The molecule has 0 aromatic carbocycles. The Morgan fingerprint density at radius 1 is 1.10 bits per heavy atom. The molecule has 0 aromatic heterocycles. The highest BCUT2D eigenvalue weighted by Crippen LogP contribution is 2.51. The Morgan fingerprint density at radius 2 is 1.85 bits per heavy atom. The van der Waals surface area contributed by atoms with Crippen molar-refractivity contribution in [2.75, 3.05) is 0 Å². The summed E-state index contributed by atoms with van der Waals surface area (Å²) in [5, 5.41) is 20.5. The van der Waals surface area contributed by atoms with Gasteiger partial charge in [-0.05, 0) is 55.8 Å². The van der Waals surface area contributed by atoms with Crippen LogP contribution >= 0.6 is 0 Å². The second-order valence-electron chi connectivity index (χ2n) is 6.94. The lowest BCUT2D eigenvalue weighted by molar-refractivity contribution is -0.0177. The van der Waals surface area contributed by atoms with E-state index in [1.54, 1.807) is 0 Å². The molecule has 20 heavy (non-hydrogen) atoms. The third kappa shape index (κ3) is 2.76. The minimum Gasteiger partial charge on any atom is -0.392 e. The molecule has 1 unspecified atom stereocenters. The van der Waals surface area contributed by atoms with Crippen LogP contribution in [0.3, 0.4) is 0 Å². The largest absolute Gasteiger partial charge is 0.392 e. The van der Waals surface area contributed by atoms with E-state index in [-0.39, 0.29) is 12.0 Å². The molecule has 3 aliphatic carbocycles. The number of aliphatic hydroxyl groups is 2. The summed E-state index contributed by atoms with van der Waals surface area (Å²) in [6.07, 6.45) is 10.5. The van der Waals surface area contributed by atoms with E-state index in [0.29, 0.717) is 23.7 Å². The lowest BCUT2D eigenvalue weighted by atomic mass is 9.54. The molecule has 0 bridgehead atoms.